The van der Waals surface area contributed by atoms with Crippen molar-refractivity contribution in [1.82, 2.24) is 14.9 Å². The zero-order valence-electron chi connectivity index (χ0n) is 26.6. The van der Waals surface area contributed by atoms with E-state index in [-0.39, 0.29) is 24.2 Å². The van der Waals surface area contributed by atoms with Gasteiger partial charge in [0.1, 0.15) is 23.7 Å². The fourth-order valence-corrected chi connectivity index (χ4v) is 6.36. The summed E-state index contributed by atoms with van der Waals surface area (Å²) in [4.78, 5) is 30.2. The zero-order chi connectivity index (χ0) is 32.7. The van der Waals surface area contributed by atoms with Gasteiger partial charge in [-0.1, -0.05) is 31.0 Å². The molecular weight excluding hydrogens is 599 g/mol. The van der Waals surface area contributed by atoms with Crippen LogP contribution in [0.1, 0.15) is 69.0 Å². The molecule has 0 spiro atoms. The number of aryl methyl sites for hydroxylation is 1. The Kier molecular flexibility index (Phi) is 11.2. The number of hydrogen-bond donors (Lipinski definition) is 2. The van der Waals surface area contributed by atoms with E-state index in [9.17, 15) is 9.59 Å². The van der Waals surface area contributed by atoms with Gasteiger partial charge >= 0.3 is 5.69 Å². The molecule has 9 nitrogen and oxygen atoms in total. The number of aromatic nitrogens is 2. The maximum absolute atomic E-state index is 15.9. The lowest BCUT2D eigenvalue weighted by molar-refractivity contribution is -0.107. The molecule has 250 valence electrons. The van der Waals surface area contributed by atoms with Crippen LogP contribution in [0.3, 0.4) is 0 Å². The van der Waals surface area contributed by atoms with Gasteiger partial charge in [-0.2, -0.15) is 4.98 Å². The van der Waals surface area contributed by atoms with Crippen LogP contribution in [-0.4, -0.2) is 61.8 Å². The first-order chi connectivity index (χ1) is 22.2. The van der Waals surface area contributed by atoms with Crippen LogP contribution in [0, 0.1) is 11.7 Å². The number of nitrogens with zero attached hydrogens (tertiary/aromatic N) is 3. The molecule has 2 fully saturated rings. The number of aldehydes is 1. The number of alkyl halides is 2. The number of morpholine rings is 1. The van der Waals surface area contributed by atoms with E-state index in [0.717, 1.165) is 37.7 Å². The highest BCUT2D eigenvalue weighted by molar-refractivity contribution is 5.96. The normalized spacial score (nSPS) is 16.8. The lowest BCUT2D eigenvalue weighted by Gasteiger charge is -2.31. The molecule has 2 N–H and O–H groups in total. The summed E-state index contributed by atoms with van der Waals surface area (Å²) in [7, 11) is 1.62. The second kappa shape index (κ2) is 15.3. The fraction of sp³-hybridized carbons (Fsp3) is 0.559. The number of anilines is 2. The molecule has 1 unspecified atom stereocenters. The minimum absolute atomic E-state index is 0.0668. The van der Waals surface area contributed by atoms with Gasteiger partial charge in [-0.3, -0.25) is 4.57 Å². The predicted molar refractivity (Wildman–Crippen MR) is 173 cm³/mol. The largest absolute Gasteiger partial charge is 0.491 e. The SMILES string of the molecule is CC(Nc1nc(=O)n(C)c2c(OCCCCCCC=O)cc(N3CCOCC3)cc12)c1cccc(C(F)(F)C2CCNCC2)c1F. The first-order valence-corrected chi connectivity index (χ1v) is 16.3. The Hall–Kier alpha value is -3.64. The van der Waals surface area contributed by atoms with Crippen LogP contribution < -0.4 is 26.0 Å². The highest BCUT2D eigenvalue weighted by Gasteiger charge is 2.44. The van der Waals surface area contributed by atoms with Crippen molar-refractivity contribution in [2.45, 2.75) is 63.8 Å². The number of nitrogens with one attached hydrogen (secondary N) is 2. The van der Waals surface area contributed by atoms with Gasteiger partial charge in [0.2, 0.25) is 0 Å². The maximum atomic E-state index is 15.9. The number of fused-ring (bicyclic) bond motifs is 1. The molecule has 1 aromatic heterocycles. The molecule has 2 aromatic carbocycles. The van der Waals surface area contributed by atoms with Crippen LogP contribution in [0.2, 0.25) is 0 Å². The molecule has 1 atom stereocenters. The molecule has 2 saturated heterocycles. The standard InChI is InChI=1S/C34H44F3N5O4/c1-23(26-9-8-10-28(30(26)35)34(36,37)24-11-13-38-14-12-24)39-32-27-21-25(42-15-19-45-20-16-42)22-29(31(27)41(2)33(44)40-32)46-18-7-5-3-4-6-17-43/h8-10,17,21-24,38H,3-7,11-16,18-20H2,1-2H3,(H,39,40,44). The van der Waals surface area contributed by atoms with Crippen LogP contribution in [-0.2, 0) is 22.5 Å². The summed E-state index contributed by atoms with van der Waals surface area (Å²) in [5.41, 5.74) is 0.315. The van der Waals surface area contributed by atoms with E-state index >= 15 is 13.2 Å². The average molecular weight is 644 g/mol. The Labute approximate surface area is 267 Å². The minimum atomic E-state index is -3.32. The predicted octanol–water partition coefficient (Wildman–Crippen LogP) is 5.70. The van der Waals surface area contributed by atoms with Gasteiger partial charge in [0.05, 0.1) is 36.9 Å². The molecular formula is C34H44F3N5O4. The summed E-state index contributed by atoms with van der Waals surface area (Å²) >= 11 is 0. The van der Waals surface area contributed by atoms with E-state index in [1.54, 1.807) is 14.0 Å². The smallest absolute Gasteiger partial charge is 0.349 e. The summed E-state index contributed by atoms with van der Waals surface area (Å²) in [6.45, 7) is 5.51. The second-order valence-corrected chi connectivity index (χ2v) is 12.2. The van der Waals surface area contributed by atoms with Crippen LogP contribution in [0.5, 0.6) is 5.75 Å². The topological polar surface area (TPSA) is 97.7 Å². The van der Waals surface area contributed by atoms with Crippen molar-refractivity contribution in [3.8, 4) is 5.75 Å². The number of carbonyl (C=O) groups excluding carboxylic acids is 1. The second-order valence-electron chi connectivity index (χ2n) is 12.2. The molecule has 0 radical (unpaired) electrons. The Bertz CT molecular complexity index is 1550. The number of halogens is 3. The molecule has 0 aliphatic carbocycles. The third kappa shape index (κ3) is 7.49. The van der Waals surface area contributed by atoms with Crippen molar-refractivity contribution in [3.63, 3.8) is 0 Å². The molecule has 0 saturated carbocycles. The van der Waals surface area contributed by atoms with Gasteiger partial charge in [-0.05, 0) is 51.8 Å². The van der Waals surface area contributed by atoms with Gasteiger partial charge in [0.15, 0.2) is 0 Å². The molecule has 3 heterocycles. The van der Waals surface area contributed by atoms with Crippen molar-refractivity contribution >= 4 is 28.7 Å². The van der Waals surface area contributed by atoms with Gasteiger partial charge in [0, 0.05) is 55.2 Å². The van der Waals surface area contributed by atoms with Crippen LogP contribution in [0.4, 0.5) is 24.7 Å². The lowest BCUT2D eigenvalue weighted by Crippen LogP contribution is -2.37. The van der Waals surface area contributed by atoms with Crippen molar-refractivity contribution in [1.29, 1.82) is 0 Å². The molecule has 12 heteroatoms. The summed E-state index contributed by atoms with van der Waals surface area (Å²) in [5.74, 6) is -4.49. The molecule has 2 aliphatic heterocycles. The number of piperidine rings is 1. The van der Waals surface area contributed by atoms with Gasteiger partial charge in [-0.15, -0.1) is 0 Å². The van der Waals surface area contributed by atoms with Crippen molar-refractivity contribution in [3.05, 3.63) is 57.8 Å². The van der Waals surface area contributed by atoms with Crippen LogP contribution in [0.25, 0.3) is 10.9 Å². The van der Waals surface area contributed by atoms with E-state index in [4.69, 9.17) is 9.47 Å². The van der Waals surface area contributed by atoms with Gasteiger partial charge in [0.25, 0.3) is 5.92 Å². The van der Waals surface area contributed by atoms with E-state index in [1.807, 2.05) is 12.1 Å². The number of hydrogen-bond acceptors (Lipinski definition) is 8. The van der Waals surface area contributed by atoms with Crippen molar-refractivity contribution in [2.75, 3.05) is 56.2 Å². The Morgan fingerprint density at radius 3 is 2.63 bits per heavy atom. The molecule has 3 aromatic rings. The van der Waals surface area contributed by atoms with Crippen molar-refractivity contribution < 1.29 is 27.4 Å². The summed E-state index contributed by atoms with van der Waals surface area (Å²) in [5, 5.41) is 6.85. The summed E-state index contributed by atoms with van der Waals surface area (Å²) in [6.07, 6.45) is 5.45. The zero-order valence-corrected chi connectivity index (χ0v) is 26.6. The first-order valence-electron chi connectivity index (χ1n) is 16.3. The van der Waals surface area contributed by atoms with Crippen LogP contribution >= 0.6 is 0 Å². The third-order valence-corrected chi connectivity index (χ3v) is 9.05. The molecule has 0 bridgehead atoms. The highest BCUT2D eigenvalue weighted by atomic mass is 19.3. The Morgan fingerprint density at radius 2 is 1.89 bits per heavy atom. The lowest BCUT2D eigenvalue weighted by atomic mass is 9.86. The quantitative estimate of drug-likeness (QED) is 0.171. The summed E-state index contributed by atoms with van der Waals surface area (Å²) in [6, 6.07) is 7.17. The van der Waals surface area contributed by atoms with E-state index in [1.165, 1.54) is 22.8 Å². The van der Waals surface area contributed by atoms with Crippen molar-refractivity contribution in [2.24, 2.45) is 13.0 Å². The number of unbranched alkanes of at least 4 members (excludes halogenated alkanes) is 4. The number of benzene rings is 2. The highest BCUT2D eigenvalue weighted by Crippen LogP contribution is 2.43. The number of rotatable bonds is 14. The fourth-order valence-electron chi connectivity index (χ4n) is 6.36. The minimum Gasteiger partial charge on any atom is -0.491 e. The molecule has 5 rings (SSSR count). The van der Waals surface area contributed by atoms with E-state index in [0.29, 0.717) is 69.1 Å². The average Bonchev–Trinajstić information content (AvgIpc) is 3.07. The maximum Gasteiger partial charge on any atom is 0.349 e. The summed E-state index contributed by atoms with van der Waals surface area (Å²) < 4.78 is 60.3. The molecule has 2 aliphatic rings. The third-order valence-electron chi connectivity index (χ3n) is 9.05. The monoisotopic (exact) mass is 643 g/mol. The van der Waals surface area contributed by atoms with E-state index in [2.05, 4.69) is 20.5 Å². The van der Waals surface area contributed by atoms with Gasteiger partial charge in [-0.25, -0.2) is 18.0 Å². The van der Waals surface area contributed by atoms with Gasteiger partial charge < -0.3 is 29.8 Å². The first kappa shape index (κ1) is 33.7. The Morgan fingerprint density at radius 1 is 1.15 bits per heavy atom. The molecule has 0 amide bonds. The molecule has 46 heavy (non-hydrogen) atoms. The number of carbonyl (C=O) groups is 1. The Balaban J connectivity index is 1.48. The number of ether oxygens (including phenoxy) is 2. The van der Waals surface area contributed by atoms with Crippen LogP contribution in [0.15, 0.2) is 35.1 Å². The van der Waals surface area contributed by atoms with E-state index < -0.39 is 35.0 Å².